The van der Waals surface area contributed by atoms with Gasteiger partial charge in [0.05, 0.1) is 5.69 Å². The normalized spacial score (nSPS) is 11.2. The summed E-state index contributed by atoms with van der Waals surface area (Å²) in [5, 5.41) is 2.19. The van der Waals surface area contributed by atoms with Gasteiger partial charge in [-0.05, 0) is 12.1 Å². The molecule has 0 saturated heterocycles. The highest BCUT2D eigenvalue weighted by molar-refractivity contribution is 7.89. The molecular formula is C9H13FN4O3S. The molecule has 6 N–H and O–H groups in total. The summed E-state index contributed by atoms with van der Waals surface area (Å²) in [6, 6.07) is 2.80. The number of benzene rings is 1. The van der Waals surface area contributed by atoms with E-state index in [1.807, 2.05) is 0 Å². The van der Waals surface area contributed by atoms with E-state index in [0.717, 1.165) is 6.07 Å². The molecule has 1 aromatic carbocycles. The highest BCUT2D eigenvalue weighted by Gasteiger charge is 2.21. The van der Waals surface area contributed by atoms with Gasteiger partial charge in [-0.25, -0.2) is 22.3 Å². The van der Waals surface area contributed by atoms with E-state index in [4.69, 9.17) is 11.5 Å². The quantitative estimate of drug-likeness (QED) is 0.421. The van der Waals surface area contributed by atoms with Gasteiger partial charge in [0.15, 0.2) is 0 Å². The lowest BCUT2D eigenvalue weighted by Crippen LogP contribution is -2.37. The highest BCUT2D eigenvalue weighted by atomic mass is 32.2. The maximum atomic E-state index is 13.4. The fourth-order valence-electron chi connectivity index (χ4n) is 1.25. The van der Waals surface area contributed by atoms with Crippen LogP contribution in [0, 0.1) is 5.82 Å². The number of hydrogen-bond acceptors (Lipinski definition) is 4. The average Bonchev–Trinajstić information content (AvgIpc) is 2.23. The number of primary amides is 1. The van der Waals surface area contributed by atoms with Gasteiger partial charge in [-0.1, -0.05) is 6.07 Å². The van der Waals surface area contributed by atoms with Crippen LogP contribution in [0.2, 0.25) is 0 Å². The Morgan fingerprint density at radius 2 is 2.00 bits per heavy atom. The minimum atomic E-state index is -4.06. The summed E-state index contributed by atoms with van der Waals surface area (Å²) < 4.78 is 39.0. The van der Waals surface area contributed by atoms with E-state index in [-0.39, 0.29) is 18.8 Å². The standard InChI is InChI=1S/C9H13FN4O3S/c10-6-2-1-3-7(11)8(6)18(16,17)14-5-4-13-9(12)15/h1-3,14H,4-5,11H2,(H3,12,13,15). The third kappa shape index (κ3) is 3.57. The molecule has 2 amide bonds. The lowest BCUT2D eigenvalue weighted by molar-refractivity contribution is 0.249. The van der Waals surface area contributed by atoms with Crippen molar-refractivity contribution in [3.05, 3.63) is 24.0 Å². The number of urea groups is 1. The second kappa shape index (κ2) is 5.65. The third-order valence-electron chi connectivity index (χ3n) is 1.98. The van der Waals surface area contributed by atoms with Gasteiger partial charge in [0.2, 0.25) is 10.0 Å². The summed E-state index contributed by atoms with van der Waals surface area (Å²) in [5.74, 6) is -0.939. The van der Waals surface area contributed by atoms with E-state index in [2.05, 4.69) is 10.0 Å². The SMILES string of the molecule is NC(=O)NCCNS(=O)(=O)c1c(N)cccc1F. The molecule has 0 aliphatic heterocycles. The first-order valence-corrected chi connectivity index (χ1v) is 6.40. The van der Waals surface area contributed by atoms with Gasteiger partial charge < -0.3 is 16.8 Å². The average molecular weight is 276 g/mol. The molecule has 0 atom stereocenters. The smallest absolute Gasteiger partial charge is 0.312 e. The van der Waals surface area contributed by atoms with Crippen LogP contribution in [0.15, 0.2) is 23.1 Å². The maximum Gasteiger partial charge on any atom is 0.312 e. The van der Waals surface area contributed by atoms with Crippen molar-refractivity contribution in [2.45, 2.75) is 4.90 Å². The highest BCUT2D eigenvalue weighted by Crippen LogP contribution is 2.20. The largest absolute Gasteiger partial charge is 0.398 e. The van der Waals surface area contributed by atoms with Crippen LogP contribution < -0.4 is 21.5 Å². The lowest BCUT2D eigenvalue weighted by atomic mass is 10.3. The monoisotopic (exact) mass is 276 g/mol. The van der Waals surface area contributed by atoms with E-state index >= 15 is 0 Å². The number of halogens is 1. The molecule has 0 aliphatic rings. The van der Waals surface area contributed by atoms with Gasteiger partial charge in [0.1, 0.15) is 10.7 Å². The van der Waals surface area contributed by atoms with E-state index in [1.54, 1.807) is 0 Å². The molecule has 0 saturated carbocycles. The molecule has 0 unspecified atom stereocenters. The van der Waals surface area contributed by atoms with Gasteiger partial charge >= 0.3 is 6.03 Å². The van der Waals surface area contributed by atoms with Crippen molar-refractivity contribution in [2.75, 3.05) is 18.8 Å². The molecule has 1 aromatic rings. The summed E-state index contributed by atoms with van der Waals surface area (Å²) >= 11 is 0. The first-order valence-electron chi connectivity index (χ1n) is 4.91. The topological polar surface area (TPSA) is 127 Å². The molecule has 0 aliphatic carbocycles. The van der Waals surface area contributed by atoms with Gasteiger partial charge in [0, 0.05) is 13.1 Å². The Morgan fingerprint density at radius 3 is 2.56 bits per heavy atom. The zero-order chi connectivity index (χ0) is 13.8. The number of hydrogen-bond donors (Lipinski definition) is 4. The molecule has 0 fully saturated rings. The summed E-state index contributed by atoms with van der Waals surface area (Å²) in [7, 11) is -4.06. The molecule has 9 heteroatoms. The van der Waals surface area contributed by atoms with Crippen molar-refractivity contribution in [2.24, 2.45) is 5.73 Å². The van der Waals surface area contributed by atoms with E-state index in [1.165, 1.54) is 12.1 Å². The summed E-state index contributed by atoms with van der Waals surface area (Å²) in [6.07, 6.45) is 0. The summed E-state index contributed by atoms with van der Waals surface area (Å²) in [6.45, 7) is -0.137. The number of nitrogens with one attached hydrogen (secondary N) is 2. The van der Waals surface area contributed by atoms with Crippen LogP contribution in [0.1, 0.15) is 0 Å². The predicted octanol–water partition coefficient (Wildman–Crippen LogP) is -0.646. The molecule has 0 heterocycles. The van der Waals surface area contributed by atoms with E-state index in [9.17, 15) is 17.6 Å². The molecule has 0 spiro atoms. The fourth-order valence-corrected chi connectivity index (χ4v) is 2.47. The number of amides is 2. The number of nitrogen functional groups attached to an aromatic ring is 1. The van der Waals surface area contributed by atoms with Crippen LogP contribution in [0.3, 0.4) is 0 Å². The second-order valence-electron chi connectivity index (χ2n) is 3.35. The van der Waals surface area contributed by atoms with Gasteiger partial charge in [-0.15, -0.1) is 0 Å². The van der Waals surface area contributed by atoms with Crippen LogP contribution >= 0.6 is 0 Å². The number of nitrogens with two attached hydrogens (primary N) is 2. The van der Waals surface area contributed by atoms with Crippen LogP contribution in [0.5, 0.6) is 0 Å². The minimum absolute atomic E-state index is 0.0110. The molecule has 100 valence electrons. The molecule has 0 aromatic heterocycles. The number of carbonyl (C=O) groups is 1. The van der Waals surface area contributed by atoms with Crippen molar-refractivity contribution in [1.82, 2.24) is 10.0 Å². The van der Waals surface area contributed by atoms with Crippen LogP contribution in [-0.2, 0) is 10.0 Å². The summed E-state index contributed by atoms with van der Waals surface area (Å²) in [4.78, 5) is 9.75. The van der Waals surface area contributed by atoms with E-state index < -0.39 is 26.8 Å². The molecular weight excluding hydrogens is 263 g/mol. The van der Waals surface area contributed by atoms with Crippen molar-refractivity contribution < 1.29 is 17.6 Å². The Hall–Kier alpha value is -1.87. The first kappa shape index (κ1) is 14.2. The van der Waals surface area contributed by atoms with Gasteiger partial charge in [0.25, 0.3) is 0 Å². The van der Waals surface area contributed by atoms with Crippen LogP contribution in [0.4, 0.5) is 14.9 Å². The fraction of sp³-hybridized carbons (Fsp3) is 0.222. The number of anilines is 1. The Bertz CT molecular complexity index is 526. The van der Waals surface area contributed by atoms with E-state index in [0.29, 0.717) is 0 Å². The van der Waals surface area contributed by atoms with Gasteiger partial charge in [-0.3, -0.25) is 0 Å². The van der Waals surface area contributed by atoms with Crippen LogP contribution in [0.25, 0.3) is 0 Å². The molecule has 1 rings (SSSR count). The van der Waals surface area contributed by atoms with Crippen molar-refractivity contribution >= 4 is 21.7 Å². The Morgan fingerprint density at radius 1 is 1.33 bits per heavy atom. The van der Waals surface area contributed by atoms with Crippen molar-refractivity contribution in [3.63, 3.8) is 0 Å². The number of rotatable bonds is 5. The Balaban J connectivity index is 2.78. The maximum absolute atomic E-state index is 13.4. The first-order chi connectivity index (χ1) is 8.34. The Labute approximate surface area is 103 Å². The number of carbonyl (C=O) groups excluding carboxylic acids is 1. The van der Waals surface area contributed by atoms with Crippen molar-refractivity contribution in [1.29, 1.82) is 0 Å². The zero-order valence-corrected chi connectivity index (χ0v) is 10.1. The minimum Gasteiger partial charge on any atom is -0.398 e. The summed E-state index contributed by atoms with van der Waals surface area (Å²) in [5.41, 5.74) is 10.0. The molecule has 0 radical (unpaired) electrons. The zero-order valence-electron chi connectivity index (χ0n) is 9.31. The molecule has 18 heavy (non-hydrogen) atoms. The molecule has 7 nitrogen and oxygen atoms in total. The third-order valence-corrected chi connectivity index (χ3v) is 3.53. The second-order valence-corrected chi connectivity index (χ2v) is 5.05. The molecule has 0 bridgehead atoms. The lowest BCUT2D eigenvalue weighted by Gasteiger charge is -2.09. The number of sulfonamides is 1. The Kier molecular flexibility index (Phi) is 4.45. The predicted molar refractivity (Wildman–Crippen MR) is 63.6 cm³/mol. The van der Waals surface area contributed by atoms with Crippen molar-refractivity contribution in [3.8, 4) is 0 Å². The van der Waals surface area contributed by atoms with Gasteiger partial charge in [-0.2, -0.15) is 0 Å². The van der Waals surface area contributed by atoms with Crippen LogP contribution in [-0.4, -0.2) is 27.5 Å².